The number of likely N-dealkylation sites (N-methyl/N-ethyl adjacent to an activating group) is 1. The van der Waals surface area contributed by atoms with E-state index in [0.717, 1.165) is 56.6 Å². The molecule has 7 nitrogen and oxygen atoms in total. The third-order valence-corrected chi connectivity index (χ3v) is 7.20. The summed E-state index contributed by atoms with van der Waals surface area (Å²) in [7, 11) is 0. The third kappa shape index (κ3) is 4.00. The van der Waals surface area contributed by atoms with Crippen LogP contribution < -0.4 is 5.32 Å². The molecule has 0 spiro atoms. The van der Waals surface area contributed by atoms with Gasteiger partial charge in [-0.1, -0.05) is 33.1 Å². The number of aryl methyl sites for hydroxylation is 1. The van der Waals surface area contributed by atoms with Gasteiger partial charge in [0.1, 0.15) is 17.0 Å². The summed E-state index contributed by atoms with van der Waals surface area (Å²) in [6, 6.07) is 3.99. The minimum atomic E-state index is -0.939. The summed E-state index contributed by atoms with van der Waals surface area (Å²) in [5, 5.41) is 3.29. The molecule has 31 heavy (non-hydrogen) atoms. The minimum absolute atomic E-state index is 0.0417. The first-order valence-corrected chi connectivity index (χ1v) is 11.8. The lowest BCUT2D eigenvalue weighted by atomic mass is 9.91. The van der Waals surface area contributed by atoms with Crippen LogP contribution >= 0.6 is 0 Å². The van der Waals surface area contributed by atoms with Crippen LogP contribution in [0.4, 0.5) is 0 Å². The molecule has 0 unspecified atom stereocenters. The van der Waals surface area contributed by atoms with Gasteiger partial charge in [-0.05, 0) is 39.8 Å². The Hall–Kier alpha value is -2.28. The maximum atomic E-state index is 13.6. The number of aromatic nitrogens is 1. The Morgan fingerprint density at radius 1 is 1.23 bits per heavy atom. The Morgan fingerprint density at radius 2 is 1.94 bits per heavy atom. The summed E-state index contributed by atoms with van der Waals surface area (Å²) < 4.78 is 7.76. The predicted octanol–water partition coefficient (Wildman–Crippen LogP) is 3.55. The van der Waals surface area contributed by atoms with Crippen LogP contribution in [0.25, 0.3) is 11.1 Å². The quantitative estimate of drug-likeness (QED) is 0.732. The fourth-order valence-corrected chi connectivity index (χ4v) is 5.18. The molecule has 2 aromatic rings. The first kappa shape index (κ1) is 21.9. The summed E-state index contributed by atoms with van der Waals surface area (Å²) in [4.78, 5) is 31.4. The maximum Gasteiger partial charge on any atom is 0.271 e. The first-order valence-electron chi connectivity index (χ1n) is 11.8. The standard InChI is InChI=1S/C24H36N4O3/c1-5-26(6-2)12-13-28-22(29)20-15-21-19(14-17(3)31-21)27(20)16-24(28,4)23(30)25-18-10-8-7-9-11-18/h14-15,18H,5-13,16H2,1-4H3,(H,25,30)/t24-/m0/s1. The number of hydrogen-bond acceptors (Lipinski definition) is 4. The molecule has 3 heterocycles. The Bertz CT molecular complexity index is 952. The average Bonchev–Trinajstić information content (AvgIpc) is 3.28. The fourth-order valence-electron chi connectivity index (χ4n) is 5.18. The Balaban J connectivity index is 1.67. The minimum Gasteiger partial charge on any atom is -0.460 e. The Morgan fingerprint density at radius 3 is 2.61 bits per heavy atom. The van der Waals surface area contributed by atoms with Crippen molar-refractivity contribution in [2.75, 3.05) is 26.2 Å². The summed E-state index contributed by atoms with van der Waals surface area (Å²) in [6.45, 7) is 11.6. The molecule has 1 fully saturated rings. The number of carbonyl (C=O) groups is 2. The van der Waals surface area contributed by atoms with E-state index in [0.29, 0.717) is 24.4 Å². The second-order valence-corrected chi connectivity index (χ2v) is 9.29. The summed E-state index contributed by atoms with van der Waals surface area (Å²) in [5.74, 6) is 0.675. The van der Waals surface area contributed by atoms with Gasteiger partial charge in [0.2, 0.25) is 5.91 Å². The van der Waals surface area contributed by atoms with E-state index < -0.39 is 5.54 Å². The molecule has 1 aliphatic carbocycles. The van der Waals surface area contributed by atoms with Crippen molar-refractivity contribution in [3.05, 3.63) is 23.6 Å². The summed E-state index contributed by atoms with van der Waals surface area (Å²) >= 11 is 0. The highest BCUT2D eigenvalue weighted by Crippen LogP contribution is 2.34. The van der Waals surface area contributed by atoms with Crippen molar-refractivity contribution in [2.24, 2.45) is 0 Å². The maximum absolute atomic E-state index is 13.6. The largest absolute Gasteiger partial charge is 0.460 e. The average molecular weight is 429 g/mol. The molecule has 0 saturated heterocycles. The molecule has 1 N–H and O–H groups in total. The smallest absolute Gasteiger partial charge is 0.271 e. The number of fused-ring (bicyclic) bond motifs is 3. The second-order valence-electron chi connectivity index (χ2n) is 9.29. The number of furan rings is 1. The molecule has 1 atom stereocenters. The van der Waals surface area contributed by atoms with E-state index in [2.05, 4.69) is 24.1 Å². The van der Waals surface area contributed by atoms with Crippen LogP contribution in [0.3, 0.4) is 0 Å². The van der Waals surface area contributed by atoms with Crippen molar-refractivity contribution in [1.29, 1.82) is 0 Å². The predicted molar refractivity (Wildman–Crippen MR) is 121 cm³/mol. The number of rotatable bonds is 7. The zero-order chi connectivity index (χ0) is 22.2. The summed E-state index contributed by atoms with van der Waals surface area (Å²) in [6.07, 6.45) is 5.60. The van der Waals surface area contributed by atoms with E-state index in [1.165, 1.54) is 6.42 Å². The molecule has 0 aromatic carbocycles. The zero-order valence-electron chi connectivity index (χ0n) is 19.4. The van der Waals surface area contributed by atoms with Gasteiger partial charge in [-0.25, -0.2) is 0 Å². The fraction of sp³-hybridized carbons (Fsp3) is 0.667. The van der Waals surface area contributed by atoms with Gasteiger partial charge in [0.25, 0.3) is 5.91 Å². The van der Waals surface area contributed by atoms with Gasteiger partial charge in [-0.15, -0.1) is 0 Å². The van der Waals surface area contributed by atoms with Gasteiger partial charge in [0.15, 0.2) is 5.58 Å². The van der Waals surface area contributed by atoms with Crippen molar-refractivity contribution in [1.82, 2.24) is 19.7 Å². The molecule has 2 aromatic heterocycles. The molecular weight excluding hydrogens is 392 g/mol. The topological polar surface area (TPSA) is 70.7 Å². The van der Waals surface area contributed by atoms with Gasteiger partial charge in [-0.3, -0.25) is 9.59 Å². The van der Waals surface area contributed by atoms with Crippen molar-refractivity contribution >= 4 is 22.9 Å². The van der Waals surface area contributed by atoms with Crippen molar-refractivity contribution in [3.63, 3.8) is 0 Å². The van der Waals surface area contributed by atoms with Crippen LogP contribution in [-0.2, 0) is 11.3 Å². The molecule has 0 radical (unpaired) electrons. The SMILES string of the molecule is CCN(CC)CCN1C(=O)c2cc3oc(C)cc3n2C[C@@]1(C)C(=O)NC1CCCCC1. The zero-order valence-corrected chi connectivity index (χ0v) is 19.4. The number of amides is 2. The van der Waals surface area contributed by atoms with E-state index in [4.69, 9.17) is 4.42 Å². The number of carbonyl (C=O) groups excluding carboxylic acids is 2. The molecule has 7 heteroatoms. The van der Waals surface area contributed by atoms with Crippen molar-refractivity contribution in [2.45, 2.75) is 77.9 Å². The van der Waals surface area contributed by atoms with Crippen LogP contribution in [0.15, 0.2) is 16.5 Å². The van der Waals surface area contributed by atoms with E-state index in [1.54, 1.807) is 4.90 Å². The van der Waals surface area contributed by atoms with Crippen LogP contribution in [0.1, 0.15) is 69.1 Å². The lowest BCUT2D eigenvalue weighted by Gasteiger charge is -2.45. The third-order valence-electron chi connectivity index (χ3n) is 7.20. The van der Waals surface area contributed by atoms with Gasteiger partial charge in [0, 0.05) is 31.3 Å². The van der Waals surface area contributed by atoms with Crippen LogP contribution in [0.2, 0.25) is 0 Å². The van der Waals surface area contributed by atoms with Gasteiger partial charge in [0.05, 0.1) is 12.1 Å². The molecular formula is C24H36N4O3. The van der Waals surface area contributed by atoms with Gasteiger partial charge in [-0.2, -0.15) is 0 Å². The van der Waals surface area contributed by atoms with E-state index in [1.807, 2.05) is 30.5 Å². The van der Waals surface area contributed by atoms with E-state index in [9.17, 15) is 9.59 Å². The molecule has 170 valence electrons. The number of nitrogens with zero attached hydrogens (tertiary/aromatic N) is 3. The Labute approximate surface area is 184 Å². The van der Waals surface area contributed by atoms with Crippen molar-refractivity contribution < 1.29 is 14.0 Å². The van der Waals surface area contributed by atoms with Crippen LogP contribution in [-0.4, -0.2) is 63.9 Å². The summed E-state index contributed by atoms with van der Waals surface area (Å²) in [5.41, 5.74) is 1.27. The number of nitrogens with one attached hydrogen (secondary N) is 1. The van der Waals surface area contributed by atoms with Gasteiger partial charge >= 0.3 is 0 Å². The molecule has 1 saturated carbocycles. The molecule has 1 aliphatic heterocycles. The monoisotopic (exact) mass is 428 g/mol. The highest BCUT2D eigenvalue weighted by atomic mass is 16.3. The normalized spacial score (nSPS) is 22.4. The lowest BCUT2D eigenvalue weighted by Crippen LogP contribution is -2.65. The lowest BCUT2D eigenvalue weighted by molar-refractivity contribution is -0.133. The Kier molecular flexibility index (Phi) is 6.15. The first-order chi connectivity index (χ1) is 14.9. The second kappa shape index (κ2) is 8.69. The van der Waals surface area contributed by atoms with Crippen LogP contribution in [0.5, 0.6) is 0 Å². The van der Waals surface area contributed by atoms with Crippen LogP contribution in [0, 0.1) is 6.92 Å². The van der Waals surface area contributed by atoms with E-state index >= 15 is 0 Å². The molecule has 0 bridgehead atoms. The molecule has 2 aliphatic rings. The van der Waals surface area contributed by atoms with E-state index in [-0.39, 0.29) is 17.9 Å². The molecule has 4 rings (SSSR count). The van der Waals surface area contributed by atoms with Gasteiger partial charge < -0.3 is 24.1 Å². The highest BCUT2D eigenvalue weighted by Gasteiger charge is 2.48. The molecule has 2 amide bonds. The highest BCUT2D eigenvalue weighted by molar-refractivity contribution is 6.03. The van der Waals surface area contributed by atoms with Crippen molar-refractivity contribution in [3.8, 4) is 0 Å². The number of hydrogen-bond donors (Lipinski definition) is 1.